The molecule has 78 valence electrons. The van der Waals surface area contributed by atoms with Crippen molar-refractivity contribution in [1.82, 2.24) is 4.98 Å². The molecule has 1 N–H and O–H groups in total. The summed E-state index contributed by atoms with van der Waals surface area (Å²) >= 11 is 0. The van der Waals surface area contributed by atoms with Gasteiger partial charge in [-0.1, -0.05) is 0 Å². The van der Waals surface area contributed by atoms with Crippen LogP contribution in [-0.4, -0.2) is 24.2 Å². The molecule has 1 saturated heterocycles. The molecule has 1 aromatic heterocycles. The summed E-state index contributed by atoms with van der Waals surface area (Å²) in [6, 6.07) is 5.62. The van der Waals surface area contributed by atoms with Crippen LogP contribution in [0.5, 0.6) is 0 Å². The third kappa shape index (κ3) is 2.45. The highest BCUT2D eigenvalue weighted by atomic mass is 16.5. The first kappa shape index (κ1) is 9.94. The minimum absolute atomic E-state index is 0.263. The van der Waals surface area contributed by atoms with E-state index in [4.69, 9.17) is 10.00 Å². The van der Waals surface area contributed by atoms with Crippen molar-refractivity contribution in [3.8, 4) is 6.07 Å². The molecule has 4 nitrogen and oxygen atoms in total. The smallest absolute Gasteiger partial charge is 0.143 e. The summed E-state index contributed by atoms with van der Waals surface area (Å²) in [5.41, 5.74) is 0.579. The summed E-state index contributed by atoms with van der Waals surface area (Å²) in [4.78, 5) is 4.12. The lowest BCUT2D eigenvalue weighted by Gasteiger charge is -2.11. The van der Waals surface area contributed by atoms with Crippen LogP contribution >= 0.6 is 0 Å². The Kier molecular flexibility index (Phi) is 3.15. The van der Waals surface area contributed by atoms with Crippen LogP contribution < -0.4 is 5.32 Å². The normalized spacial score (nSPS) is 19.8. The highest BCUT2D eigenvalue weighted by molar-refractivity contribution is 5.51. The molecule has 0 aromatic carbocycles. The van der Waals surface area contributed by atoms with Crippen molar-refractivity contribution in [1.29, 1.82) is 5.26 Å². The van der Waals surface area contributed by atoms with Gasteiger partial charge in [-0.25, -0.2) is 4.98 Å². The lowest BCUT2D eigenvalue weighted by Crippen LogP contribution is -2.19. The van der Waals surface area contributed by atoms with Gasteiger partial charge in [-0.05, 0) is 25.0 Å². The number of nitrogens with one attached hydrogen (secondary N) is 1. The van der Waals surface area contributed by atoms with Gasteiger partial charge in [0.2, 0.25) is 0 Å². The van der Waals surface area contributed by atoms with Gasteiger partial charge in [0, 0.05) is 19.3 Å². The molecular weight excluding hydrogens is 190 g/mol. The van der Waals surface area contributed by atoms with E-state index < -0.39 is 0 Å². The predicted molar refractivity (Wildman–Crippen MR) is 56.4 cm³/mol. The Hall–Kier alpha value is -1.60. The highest BCUT2D eigenvalue weighted by Gasteiger charge is 2.15. The topological polar surface area (TPSA) is 57.9 Å². The van der Waals surface area contributed by atoms with E-state index >= 15 is 0 Å². The Bertz CT molecular complexity index is 366. The molecule has 1 aliphatic rings. The van der Waals surface area contributed by atoms with E-state index in [9.17, 15) is 0 Å². The van der Waals surface area contributed by atoms with Crippen molar-refractivity contribution in [2.45, 2.75) is 18.9 Å². The zero-order chi connectivity index (χ0) is 10.5. The number of nitriles is 1. The van der Waals surface area contributed by atoms with Crippen molar-refractivity contribution >= 4 is 5.82 Å². The number of nitrogens with zero attached hydrogens (tertiary/aromatic N) is 2. The van der Waals surface area contributed by atoms with Crippen molar-refractivity contribution in [3.63, 3.8) is 0 Å². The lowest BCUT2D eigenvalue weighted by atomic mass is 10.2. The maximum Gasteiger partial charge on any atom is 0.143 e. The fourth-order valence-electron chi connectivity index (χ4n) is 1.65. The van der Waals surface area contributed by atoms with Gasteiger partial charge >= 0.3 is 0 Å². The summed E-state index contributed by atoms with van der Waals surface area (Å²) < 4.78 is 5.47. The van der Waals surface area contributed by atoms with Crippen LogP contribution in [0.1, 0.15) is 18.4 Å². The number of anilines is 1. The third-order valence-electron chi connectivity index (χ3n) is 2.45. The molecule has 15 heavy (non-hydrogen) atoms. The zero-order valence-electron chi connectivity index (χ0n) is 8.44. The van der Waals surface area contributed by atoms with E-state index in [-0.39, 0.29) is 6.10 Å². The van der Waals surface area contributed by atoms with Gasteiger partial charge in [0.25, 0.3) is 0 Å². The molecule has 4 heteroatoms. The molecule has 2 heterocycles. The summed E-state index contributed by atoms with van der Waals surface area (Å²) in [5.74, 6) is 0.649. The molecule has 0 bridgehead atoms. The summed E-state index contributed by atoms with van der Waals surface area (Å²) in [5, 5.41) is 12.0. The van der Waals surface area contributed by atoms with Crippen LogP contribution in [0.3, 0.4) is 0 Å². The van der Waals surface area contributed by atoms with Gasteiger partial charge in [-0.3, -0.25) is 0 Å². The van der Waals surface area contributed by atoms with Gasteiger partial charge in [0.05, 0.1) is 11.7 Å². The van der Waals surface area contributed by atoms with Crippen molar-refractivity contribution in [2.75, 3.05) is 18.5 Å². The van der Waals surface area contributed by atoms with Crippen LogP contribution in [0.2, 0.25) is 0 Å². The van der Waals surface area contributed by atoms with Crippen molar-refractivity contribution in [2.24, 2.45) is 0 Å². The highest BCUT2D eigenvalue weighted by Crippen LogP contribution is 2.14. The first-order valence-electron chi connectivity index (χ1n) is 5.11. The second kappa shape index (κ2) is 4.76. The first-order valence-corrected chi connectivity index (χ1v) is 5.11. The number of hydrogen-bond acceptors (Lipinski definition) is 4. The quantitative estimate of drug-likeness (QED) is 0.809. The molecule has 0 saturated carbocycles. The molecule has 0 unspecified atom stereocenters. The minimum atomic E-state index is 0.263. The molecule has 1 fully saturated rings. The zero-order valence-corrected chi connectivity index (χ0v) is 8.44. The monoisotopic (exact) mass is 203 g/mol. The predicted octanol–water partition coefficient (Wildman–Crippen LogP) is 1.54. The summed E-state index contributed by atoms with van der Waals surface area (Å²) in [7, 11) is 0. The lowest BCUT2D eigenvalue weighted by molar-refractivity contribution is 0.120. The van der Waals surface area contributed by atoms with Crippen molar-refractivity contribution in [3.05, 3.63) is 23.9 Å². The van der Waals surface area contributed by atoms with Gasteiger partial charge in [-0.2, -0.15) is 5.26 Å². The molecule has 1 aliphatic heterocycles. The number of aromatic nitrogens is 1. The maximum atomic E-state index is 8.85. The van der Waals surface area contributed by atoms with Gasteiger partial charge in [0.1, 0.15) is 11.9 Å². The molecule has 1 atom stereocenters. The first-order chi connectivity index (χ1) is 7.40. The Morgan fingerprint density at radius 1 is 1.67 bits per heavy atom. The Morgan fingerprint density at radius 3 is 3.33 bits per heavy atom. The number of rotatable bonds is 3. The van der Waals surface area contributed by atoms with Gasteiger partial charge in [-0.15, -0.1) is 0 Å². The van der Waals surface area contributed by atoms with E-state index in [1.165, 1.54) is 0 Å². The molecular formula is C11H13N3O. The molecule has 2 rings (SSSR count). The van der Waals surface area contributed by atoms with Crippen LogP contribution in [0.25, 0.3) is 0 Å². The van der Waals surface area contributed by atoms with E-state index in [1.54, 1.807) is 18.3 Å². The Balaban J connectivity index is 1.95. The number of pyridine rings is 1. The average Bonchev–Trinajstić information content (AvgIpc) is 2.79. The second-order valence-corrected chi connectivity index (χ2v) is 3.53. The SMILES string of the molecule is N#Cc1cccnc1NC[C@@H]1CCCO1. The molecule has 0 aliphatic carbocycles. The fraction of sp³-hybridized carbons (Fsp3) is 0.455. The van der Waals surface area contributed by atoms with E-state index in [2.05, 4.69) is 16.4 Å². The maximum absolute atomic E-state index is 8.85. The second-order valence-electron chi connectivity index (χ2n) is 3.53. The number of ether oxygens (including phenoxy) is 1. The van der Waals surface area contributed by atoms with Crippen LogP contribution in [0, 0.1) is 11.3 Å². The van der Waals surface area contributed by atoms with Gasteiger partial charge < -0.3 is 10.1 Å². The Labute approximate surface area is 88.9 Å². The van der Waals surface area contributed by atoms with Crippen LogP contribution in [0.15, 0.2) is 18.3 Å². The fourth-order valence-corrected chi connectivity index (χ4v) is 1.65. The van der Waals surface area contributed by atoms with Crippen LogP contribution in [-0.2, 0) is 4.74 Å². The van der Waals surface area contributed by atoms with Crippen molar-refractivity contribution < 1.29 is 4.74 Å². The van der Waals surface area contributed by atoms with Gasteiger partial charge in [0.15, 0.2) is 0 Å². The summed E-state index contributed by atoms with van der Waals surface area (Å²) in [6.45, 7) is 1.57. The minimum Gasteiger partial charge on any atom is -0.376 e. The molecule has 1 aromatic rings. The average molecular weight is 203 g/mol. The molecule has 0 amide bonds. The van der Waals surface area contributed by atoms with Crippen LogP contribution in [0.4, 0.5) is 5.82 Å². The van der Waals surface area contributed by atoms with E-state index in [1.807, 2.05) is 0 Å². The van der Waals surface area contributed by atoms with E-state index in [0.29, 0.717) is 11.4 Å². The third-order valence-corrected chi connectivity index (χ3v) is 2.45. The Morgan fingerprint density at radius 2 is 2.60 bits per heavy atom. The standard InChI is InChI=1S/C11H13N3O/c12-7-9-3-1-5-13-11(9)14-8-10-4-2-6-15-10/h1,3,5,10H,2,4,6,8H2,(H,13,14)/t10-/m0/s1. The number of hydrogen-bond donors (Lipinski definition) is 1. The molecule has 0 spiro atoms. The van der Waals surface area contributed by atoms with E-state index in [0.717, 1.165) is 26.0 Å². The largest absolute Gasteiger partial charge is 0.376 e. The molecule has 0 radical (unpaired) electrons. The summed E-state index contributed by atoms with van der Waals surface area (Å²) in [6.07, 6.45) is 4.15.